The van der Waals surface area contributed by atoms with E-state index in [0.29, 0.717) is 10.7 Å². The van der Waals surface area contributed by atoms with Gasteiger partial charge in [0.2, 0.25) is 0 Å². The van der Waals surface area contributed by atoms with E-state index in [4.69, 9.17) is 28.9 Å². The van der Waals surface area contributed by atoms with Gasteiger partial charge in [0.25, 0.3) is 5.69 Å². The van der Waals surface area contributed by atoms with Crippen molar-refractivity contribution in [3.8, 4) is 0 Å². The van der Waals surface area contributed by atoms with Gasteiger partial charge in [0.1, 0.15) is 5.69 Å². The first-order valence-corrected chi connectivity index (χ1v) is 7.40. The van der Waals surface area contributed by atoms with Crippen LogP contribution in [0.2, 0.25) is 10.0 Å². The van der Waals surface area contributed by atoms with Crippen molar-refractivity contribution in [3.05, 3.63) is 32.3 Å². The number of benzene rings is 1. The standard InChI is InChI=1S/C13H17Cl2N3O2/c14-8-6-12(13(18(19)20)7-9(8)15)17-11-5-3-1-2-4-10(11)16/h6-7,10-11,17H,1-5,16H2. The van der Waals surface area contributed by atoms with Crippen LogP contribution in [0.5, 0.6) is 0 Å². The number of nitrogens with zero attached hydrogens (tertiary/aromatic N) is 1. The molecule has 1 aromatic carbocycles. The molecule has 1 fully saturated rings. The molecule has 0 saturated heterocycles. The number of nitrogens with one attached hydrogen (secondary N) is 1. The number of nitro groups is 1. The van der Waals surface area contributed by atoms with Crippen LogP contribution in [-0.2, 0) is 0 Å². The molecule has 2 atom stereocenters. The fraction of sp³-hybridized carbons (Fsp3) is 0.538. The van der Waals surface area contributed by atoms with Crippen LogP contribution in [0.1, 0.15) is 32.1 Å². The first-order chi connectivity index (χ1) is 9.49. The molecule has 0 aromatic heterocycles. The number of hydrogen-bond donors (Lipinski definition) is 2. The number of halogens is 2. The Hall–Kier alpha value is -1.04. The maximum absolute atomic E-state index is 11.1. The predicted octanol–water partition coefficient (Wildman–Crippen LogP) is 3.97. The van der Waals surface area contributed by atoms with Gasteiger partial charge in [-0.05, 0) is 18.9 Å². The zero-order valence-electron chi connectivity index (χ0n) is 10.9. The number of rotatable bonds is 3. The van der Waals surface area contributed by atoms with Crippen molar-refractivity contribution in [2.45, 2.75) is 44.2 Å². The Morgan fingerprint density at radius 3 is 2.55 bits per heavy atom. The quantitative estimate of drug-likeness (QED) is 0.502. The lowest BCUT2D eigenvalue weighted by Gasteiger charge is -2.23. The van der Waals surface area contributed by atoms with Crippen molar-refractivity contribution in [3.63, 3.8) is 0 Å². The van der Waals surface area contributed by atoms with Crippen molar-refractivity contribution in [2.24, 2.45) is 5.73 Å². The van der Waals surface area contributed by atoms with Gasteiger partial charge in [-0.15, -0.1) is 0 Å². The summed E-state index contributed by atoms with van der Waals surface area (Å²) in [5.41, 5.74) is 6.44. The average Bonchev–Trinajstić information content (AvgIpc) is 2.59. The van der Waals surface area contributed by atoms with Crippen LogP contribution in [0.15, 0.2) is 12.1 Å². The fourth-order valence-electron chi connectivity index (χ4n) is 2.52. The molecule has 0 radical (unpaired) electrons. The van der Waals surface area contributed by atoms with E-state index in [9.17, 15) is 10.1 Å². The lowest BCUT2D eigenvalue weighted by Crippen LogP contribution is -2.39. The predicted molar refractivity (Wildman–Crippen MR) is 81.6 cm³/mol. The second-order valence-electron chi connectivity index (χ2n) is 5.09. The smallest absolute Gasteiger partial charge is 0.293 e. The Labute approximate surface area is 127 Å². The van der Waals surface area contributed by atoms with E-state index >= 15 is 0 Å². The van der Waals surface area contributed by atoms with E-state index in [1.807, 2.05) is 0 Å². The van der Waals surface area contributed by atoms with Gasteiger partial charge in [-0.2, -0.15) is 0 Å². The van der Waals surface area contributed by atoms with Gasteiger partial charge in [0.05, 0.1) is 15.0 Å². The lowest BCUT2D eigenvalue weighted by atomic mass is 10.0. The second kappa shape index (κ2) is 6.61. The van der Waals surface area contributed by atoms with Crippen molar-refractivity contribution in [1.82, 2.24) is 0 Å². The van der Waals surface area contributed by atoms with Crippen LogP contribution in [0.25, 0.3) is 0 Å². The monoisotopic (exact) mass is 317 g/mol. The summed E-state index contributed by atoms with van der Waals surface area (Å²) in [5.74, 6) is 0. The van der Waals surface area contributed by atoms with Crippen molar-refractivity contribution >= 4 is 34.6 Å². The van der Waals surface area contributed by atoms with E-state index in [-0.39, 0.29) is 22.8 Å². The molecule has 110 valence electrons. The molecule has 1 aromatic rings. The van der Waals surface area contributed by atoms with Crippen LogP contribution in [-0.4, -0.2) is 17.0 Å². The highest BCUT2D eigenvalue weighted by Gasteiger charge is 2.24. The maximum Gasteiger partial charge on any atom is 0.293 e. The number of anilines is 1. The van der Waals surface area contributed by atoms with Crippen molar-refractivity contribution in [2.75, 3.05) is 5.32 Å². The van der Waals surface area contributed by atoms with Crippen LogP contribution >= 0.6 is 23.2 Å². The molecule has 7 heteroatoms. The van der Waals surface area contributed by atoms with Crippen LogP contribution in [0.4, 0.5) is 11.4 Å². The normalized spacial score (nSPS) is 23.1. The largest absolute Gasteiger partial charge is 0.375 e. The molecule has 1 aliphatic rings. The molecule has 0 bridgehead atoms. The minimum atomic E-state index is -0.466. The zero-order chi connectivity index (χ0) is 14.7. The Morgan fingerprint density at radius 2 is 1.85 bits per heavy atom. The highest BCUT2D eigenvalue weighted by atomic mass is 35.5. The Balaban J connectivity index is 2.27. The second-order valence-corrected chi connectivity index (χ2v) is 5.91. The topological polar surface area (TPSA) is 81.2 Å². The van der Waals surface area contributed by atoms with Gasteiger partial charge < -0.3 is 11.1 Å². The summed E-state index contributed by atoms with van der Waals surface area (Å²) in [6, 6.07) is 2.79. The molecule has 0 spiro atoms. The molecule has 1 saturated carbocycles. The molecule has 20 heavy (non-hydrogen) atoms. The van der Waals surface area contributed by atoms with E-state index in [1.165, 1.54) is 12.1 Å². The molecule has 5 nitrogen and oxygen atoms in total. The third kappa shape index (κ3) is 3.53. The van der Waals surface area contributed by atoms with Crippen molar-refractivity contribution < 1.29 is 4.92 Å². The molecular formula is C13H17Cl2N3O2. The third-order valence-electron chi connectivity index (χ3n) is 3.65. The summed E-state index contributed by atoms with van der Waals surface area (Å²) in [6.45, 7) is 0. The summed E-state index contributed by atoms with van der Waals surface area (Å²) >= 11 is 11.8. The highest BCUT2D eigenvalue weighted by molar-refractivity contribution is 6.42. The minimum absolute atomic E-state index is 0.00782. The molecule has 0 amide bonds. The van der Waals surface area contributed by atoms with Gasteiger partial charge in [0.15, 0.2) is 0 Å². The van der Waals surface area contributed by atoms with E-state index in [0.717, 1.165) is 32.1 Å². The molecule has 0 aliphatic heterocycles. The third-order valence-corrected chi connectivity index (χ3v) is 4.37. The molecule has 1 aliphatic carbocycles. The van der Waals surface area contributed by atoms with Crippen LogP contribution < -0.4 is 11.1 Å². The average molecular weight is 318 g/mol. The number of nitro benzene ring substituents is 1. The van der Waals surface area contributed by atoms with Gasteiger partial charge in [-0.1, -0.05) is 42.5 Å². The zero-order valence-corrected chi connectivity index (χ0v) is 12.5. The molecular weight excluding hydrogens is 301 g/mol. The first kappa shape index (κ1) is 15.4. The van der Waals surface area contributed by atoms with E-state index in [2.05, 4.69) is 5.32 Å². The Bertz CT molecular complexity index is 511. The Kier molecular flexibility index (Phi) is 5.07. The fourth-order valence-corrected chi connectivity index (χ4v) is 2.84. The summed E-state index contributed by atoms with van der Waals surface area (Å²) < 4.78 is 0. The summed E-state index contributed by atoms with van der Waals surface area (Å²) in [7, 11) is 0. The first-order valence-electron chi connectivity index (χ1n) is 6.64. The van der Waals surface area contributed by atoms with Gasteiger partial charge >= 0.3 is 0 Å². The van der Waals surface area contributed by atoms with Crippen LogP contribution in [0.3, 0.4) is 0 Å². The van der Waals surface area contributed by atoms with Gasteiger partial charge in [0, 0.05) is 18.2 Å². The highest BCUT2D eigenvalue weighted by Crippen LogP contribution is 2.35. The number of hydrogen-bond acceptors (Lipinski definition) is 4. The maximum atomic E-state index is 11.1. The molecule has 0 heterocycles. The van der Waals surface area contributed by atoms with Gasteiger partial charge in [-0.25, -0.2) is 0 Å². The minimum Gasteiger partial charge on any atom is -0.375 e. The number of nitrogens with two attached hydrogens (primary N) is 1. The molecule has 2 unspecified atom stereocenters. The van der Waals surface area contributed by atoms with E-state index < -0.39 is 4.92 Å². The van der Waals surface area contributed by atoms with E-state index in [1.54, 1.807) is 0 Å². The SMILES string of the molecule is NC1CCCCCC1Nc1cc(Cl)c(Cl)cc1[N+](=O)[O-]. The lowest BCUT2D eigenvalue weighted by molar-refractivity contribution is -0.384. The summed E-state index contributed by atoms with van der Waals surface area (Å²) in [4.78, 5) is 10.6. The van der Waals surface area contributed by atoms with Gasteiger partial charge in [-0.3, -0.25) is 10.1 Å². The Morgan fingerprint density at radius 1 is 1.20 bits per heavy atom. The van der Waals surface area contributed by atoms with Crippen LogP contribution in [0, 0.1) is 10.1 Å². The van der Waals surface area contributed by atoms with Crippen molar-refractivity contribution in [1.29, 1.82) is 0 Å². The summed E-state index contributed by atoms with van der Waals surface area (Å²) in [6.07, 6.45) is 5.14. The molecule has 2 rings (SSSR count). The summed E-state index contributed by atoms with van der Waals surface area (Å²) in [5, 5.41) is 14.8. The molecule has 3 N–H and O–H groups in total.